The zero-order chi connectivity index (χ0) is 14.0. The van der Waals surface area contributed by atoms with Gasteiger partial charge in [0, 0.05) is 5.56 Å². The summed E-state index contributed by atoms with van der Waals surface area (Å²) < 4.78 is 18.9. The highest BCUT2D eigenvalue weighted by atomic mass is 35.5. The molecule has 0 unspecified atom stereocenters. The van der Waals surface area contributed by atoms with Gasteiger partial charge in [-0.2, -0.15) is 4.37 Å². The van der Waals surface area contributed by atoms with Gasteiger partial charge in [0.15, 0.2) is 0 Å². The maximum absolute atomic E-state index is 5.90. The van der Waals surface area contributed by atoms with E-state index >= 15 is 0 Å². The molecule has 0 spiro atoms. The molecule has 1 aromatic carbocycles. The molecular weight excluding hydrogens is 284 g/mol. The second-order valence-corrected chi connectivity index (χ2v) is 5.96. The lowest BCUT2D eigenvalue weighted by molar-refractivity contribution is 0.406. The zero-order valence-corrected chi connectivity index (χ0v) is 12.8. The summed E-state index contributed by atoms with van der Waals surface area (Å²) >= 11 is 6.93. The van der Waals surface area contributed by atoms with E-state index in [-0.39, 0.29) is 10.6 Å². The number of halogens is 1. The van der Waals surface area contributed by atoms with Gasteiger partial charge in [-0.15, -0.1) is 4.37 Å². The highest BCUT2D eigenvalue weighted by molar-refractivity contribution is 6.99. The van der Waals surface area contributed by atoms with Crippen LogP contribution in [0.4, 0.5) is 0 Å². The summed E-state index contributed by atoms with van der Waals surface area (Å²) in [7, 11) is 1.64. The van der Waals surface area contributed by atoms with Crippen LogP contribution in [0.5, 0.6) is 17.4 Å². The van der Waals surface area contributed by atoms with E-state index in [1.54, 1.807) is 7.11 Å². The first-order valence-electron chi connectivity index (χ1n) is 5.76. The molecule has 0 radical (unpaired) electrons. The van der Waals surface area contributed by atoms with Gasteiger partial charge in [0.05, 0.1) is 18.8 Å². The topological polar surface area (TPSA) is 44.2 Å². The summed E-state index contributed by atoms with van der Waals surface area (Å²) in [6.07, 6.45) is 0. The maximum Gasteiger partial charge on any atom is 0.270 e. The fourth-order valence-corrected chi connectivity index (χ4v) is 2.26. The van der Waals surface area contributed by atoms with Crippen molar-refractivity contribution in [3.05, 3.63) is 28.9 Å². The molecule has 19 heavy (non-hydrogen) atoms. The predicted molar refractivity (Wildman–Crippen MR) is 76.7 cm³/mol. The van der Waals surface area contributed by atoms with Crippen LogP contribution in [0.15, 0.2) is 18.2 Å². The third-order valence-corrected chi connectivity index (χ3v) is 3.48. The van der Waals surface area contributed by atoms with E-state index < -0.39 is 0 Å². The van der Waals surface area contributed by atoms with E-state index in [1.807, 2.05) is 18.2 Å². The Hall–Kier alpha value is -1.33. The molecule has 0 bridgehead atoms. The third kappa shape index (κ3) is 3.16. The van der Waals surface area contributed by atoms with Crippen molar-refractivity contribution in [2.24, 2.45) is 0 Å². The molecule has 0 N–H and O–H groups in total. The molecule has 0 amide bonds. The summed E-state index contributed by atoms with van der Waals surface area (Å²) in [5.41, 5.74) is 0.940. The summed E-state index contributed by atoms with van der Waals surface area (Å²) in [4.78, 5) is 0. The molecule has 6 heteroatoms. The zero-order valence-electron chi connectivity index (χ0n) is 11.2. The first-order valence-corrected chi connectivity index (χ1v) is 6.87. The Bertz CT molecular complexity index is 578. The second-order valence-electron chi connectivity index (χ2n) is 5.07. The Kier molecular flexibility index (Phi) is 3.96. The molecule has 1 heterocycles. The largest absolute Gasteiger partial charge is 0.497 e. The standard InChI is InChI=1S/C13H15ClN2O2S/c1-13(2,3)9-7-8(17-4)5-6-10(9)18-12-11(14)15-19-16-12/h5-7H,1-4H3. The quantitative estimate of drug-likeness (QED) is 0.848. The molecule has 0 atom stereocenters. The number of rotatable bonds is 3. The van der Waals surface area contributed by atoms with Crippen LogP contribution in [0.3, 0.4) is 0 Å². The van der Waals surface area contributed by atoms with E-state index in [0.29, 0.717) is 11.6 Å². The van der Waals surface area contributed by atoms with E-state index in [9.17, 15) is 0 Å². The first-order chi connectivity index (χ1) is 8.91. The molecule has 2 aromatic rings. The van der Waals surface area contributed by atoms with E-state index in [1.165, 1.54) is 0 Å². The Balaban J connectivity index is 2.42. The first kappa shape index (κ1) is 14.1. The van der Waals surface area contributed by atoms with E-state index in [4.69, 9.17) is 21.1 Å². The van der Waals surface area contributed by atoms with Crippen LogP contribution in [0.25, 0.3) is 0 Å². The number of hydrogen-bond donors (Lipinski definition) is 0. The lowest BCUT2D eigenvalue weighted by Crippen LogP contribution is -2.12. The van der Waals surface area contributed by atoms with Crippen molar-refractivity contribution in [3.63, 3.8) is 0 Å². The Morgan fingerprint density at radius 3 is 2.47 bits per heavy atom. The van der Waals surface area contributed by atoms with Crippen molar-refractivity contribution < 1.29 is 9.47 Å². The summed E-state index contributed by atoms with van der Waals surface area (Å²) in [5, 5.41) is 0.278. The normalized spacial score (nSPS) is 11.4. The minimum Gasteiger partial charge on any atom is -0.497 e. The average Bonchev–Trinajstić information content (AvgIpc) is 2.74. The number of nitrogens with zero attached hydrogens (tertiary/aromatic N) is 2. The number of aromatic nitrogens is 2. The molecular formula is C13H15ClN2O2S. The highest BCUT2D eigenvalue weighted by Crippen LogP contribution is 2.37. The average molecular weight is 299 g/mol. The molecule has 0 fully saturated rings. The predicted octanol–water partition coefficient (Wildman–Crippen LogP) is 4.29. The SMILES string of the molecule is COc1ccc(Oc2nsnc2Cl)c(C(C)(C)C)c1. The van der Waals surface area contributed by atoms with Gasteiger partial charge >= 0.3 is 0 Å². The Labute approximate surface area is 121 Å². The van der Waals surface area contributed by atoms with E-state index in [2.05, 4.69) is 29.5 Å². The van der Waals surface area contributed by atoms with Crippen LogP contribution in [0.1, 0.15) is 26.3 Å². The maximum atomic E-state index is 5.90. The smallest absolute Gasteiger partial charge is 0.270 e. The van der Waals surface area contributed by atoms with Crippen molar-refractivity contribution >= 4 is 23.3 Å². The minimum absolute atomic E-state index is 0.0835. The molecule has 4 nitrogen and oxygen atoms in total. The highest BCUT2D eigenvalue weighted by Gasteiger charge is 2.21. The third-order valence-electron chi connectivity index (χ3n) is 2.62. The fraction of sp³-hybridized carbons (Fsp3) is 0.385. The lowest BCUT2D eigenvalue weighted by Gasteiger charge is -2.22. The van der Waals surface area contributed by atoms with Crippen LogP contribution in [0.2, 0.25) is 5.15 Å². The van der Waals surface area contributed by atoms with Crippen molar-refractivity contribution in [3.8, 4) is 17.4 Å². The van der Waals surface area contributed by atoms with Crippen molar-refractivity contribution in [2.45, 2.75) is 26.2 Å². The van der Waals surface area contributed by atoms with Gasteiger partial charge in [-0.25, -0.2) is 0 Å². The van der Waals surface area contributed by atoms with Crippen LogP contribution in [-0.4, -0.2) is 15.9 Å². The number of ether oxygens (including phenoxy) is 2. The minimum atomic E-state index is -0.0835. The van der Waals surface area contributed by atoms with Gasteiger partial charge in [-0.3, -0.25) is 0 Å². The van der Waals surface area contributed by atoms with Gasteiger partial charge in [-0.1, -0.05) is 32.4 Å². The molecule has 102 valence electrons. The van der Waals surface area contributed by atoms with Gasteiger partial charge in [0.25, 0.3) is 5.88 Å². The Morgan fingerprint density at radius 2 is 1.95 bits per heavy atom. The van der Waals surface area contributed by atoms with Crippen LogP contribution in [0, 0.1) is 0 Å². The van der Waals surface area contributed by atoms with Crippen molar-refractivity contribution in [1.29, 1.82) is 0 Å². The van der Waals surface area contributed by atoms with Crippen LogP contribution < -0.4 is 9.47 Å². The summed E-state index contributed by atoms with van der Waals surface area (Å²) in [6, 6.07) is 5.66. The molecule has 0 saturated heterocycles. The van der Waals surface area contributed by atoms with E-state index in [0.717, 1.165) is 23.0 Å². The Morgan fingerprint density at radius 1 is 1.21 bits per heavy atom. The fourth-order valence-electron chi connectivity index (χ4n) is 1.65. The molecule has 2 rings (SSSR count). The number of hydrogen-bond acceptors (Lipinski definition) is 5. The monoisotopic (exact) mass is 298 g/mol. The second kappa shape index (κ2) is 5.35. The van der Waals surface area contributed by atoms with Gasteiger partial charge in [-0.05, 0) is 23.6 Å². The van der Waals surface area contributed by atoms with Gasteiger partial charge in [0.2, 0.25) is 5.15 Å². The number of benzene rings is 1. The number of methoxy groups -OCH3 is 1. The molecule has 0 saturated carbocycles. The van der Waals surface area contributed by atoms with Crippen LogP contribution >= 0.6 is 23.3 Å². The van der Waals surface area contributed by atoms with Gasteiger partial charge in [0.1, 0.15) is 11.5 Å². The van der Waals surface area contributed by atoms with Crippen molar-refractivity contribution in [1.82, 2.24) is 8.75 Å². The van der Waals surface area contributed by atoms with Crippen molar-refractivity contribution in [2.75, 3.05) is 7.11 Å². The molecule has 0 aliphatic heterocycles. The summed E-state index contributed by atoms with van der Waals surface area (Å²) in [5.74, 6) is 1.84. The van der Waals surface area contributed by atoms with Gasteiger partial charge < -0.3 is 9.47 Å². The molecule has 1 aromatic heterocycles. The molecule has 0 aliphatic rings. The summed E-state index contributed by atoms with van der Waals surface area (Å²) in [6.45, 7) is 6.32. The lowest BCUT2D eigenvalue weighted by atomic mass is 9.86. The van der Waals surface area contributed by atoms with Crippen LogP contribution in [-0.2, 0) is 5.41 Å². The molecule has 0 aliphatic carbocycles.